The Bertz CT molecular complexity index is 1800. The lowest BCUT2D eigenvalue weighted by molar-refractivity contribution is -0.266. The number of aliphatic hydroxyl groups is 2. The predicted octanol–water partition coefficient (Wildman–Crippen LogP) is 8.87. The molecule has 2 aromatic heterocycles. The van der Waals surface area contributed by atoms with Gasteiger partial charge in [0, 0.05) is 47.8 Å². The van der Waals surface area contributed by atoms with Crippen LogP contribution in [0.2, 0.25) is 0 Å². The summed E-state index contributed by atoms with van der Waals surface area (Å²) in [6.45, 7) is 7.60. The zero-order valence-electron chi connectivity index (χ0n) is 29.5. The average Bonchev–Trinajstić information content (AvgIpc) is 3.01. The summed E-state index contributed by atoms with van der Waals surface area (Å²) in [6, 6.07) is 14.4. The Hall–Kier alpha value is -4.30. The van der Waals surface area contributed by atoms with Crippen LogP contribution in [0.1, 0.15) is 68.6 Å². The van der Waals surface area contributed by atoms with Crippen LogP contribution in [0.4, 0.5) is 35.1 Å². The molecule has 284 valence electrons. The van der Waals surface area contributed by atoms with Crippen LogP contribution in [0.3, 0.4) is 0 Å². The highest BCUT2D eigenvalue weighted by molar-refractivity contribution is 5.40. The monoisotopic (exact) mass is 742 g/mol. The number of aromatic nitrogens is 2. The molecule has 0 saturated carbocycles. The number of ether oxygens (including phenoxy) is 1. The second kappa shape index (κ2) is 15.7. The number of nitrogens with zero attached hydrogens (tertiary/aromatic N) is 2. The highest BCUT2D eigenvalue weighted by Gasteiger charge is 2.57. The first kappa shape index (κ1) is 42.1. The number of aryl methyl sites for hydroxylation is 1. The molecule has 0 radical (unpaired) electrons. The molecule has 14 heteroatoms. The van der Waals surface area contributed by atoms with E-state index in [1.54, 1.807) is 19.1 Å². The van der Waals surface area contributed by atoms with Gasteiger partial charge < -0.3 is 20.1 Å². The Morgan fingerprint density at radius 1 is 0.635 bits per heavy atom. The molecule has 2 unspecified atom stereocenters. The number of methoxy groups -OCH3 is 1. The van der Waals surface area contributed by atoms with E-state index in [0.29, 0.717) is 0 Å². The number of halogens is 8. The Balaban J connectivity index is 0.000000281. The molecule has 2 aromatic carbocycles. The molecule has 0 spiro atoms. The summed E-state index contributed by atoms with van der Waals surface area (Å²) in [5.74, 6) is -1.33. The quantitative estimate of drug-likeness (QED) is 0.133. The molecule has 2 atom stereocenters. The van der Waals surface area contributed by atoms with Crippen molar-refractivity contribution in [3.63, 3.8) is 0 Å². The van der Waals surface area contributed by atoms with Crippen LogP contribution in [0.25, 0.3) is 0 Å². The Kier molecular flexibility index (Phi) is 12.8. The summed E-state index contributed by atoms with van der Waals surface area (Å²) in [5, 5.41) is 31.0. The van der Waals surface area contributed by atoms with Crippen LogP contribution in [-0.4, -0.2) is 56.0 Å². The SMILES string of the molecule is CC(C)(CC(O)(Cc1ccccn1)C(F)(F)F)c1cc(F)ccc1O.COc1ccc(F)cc1C(C)(C)CC(O)(Cc1cc(C)ccn1)C(F)(F)F. The molecule has 4 aromatic rings. The molecular formula is C38H42F8N2O4. The number of hydrogen-bond acceptors (Lipinski definition) is 6. The number of phenolic OH excluding ortho intramolecular Hbond substituents is 1. The van der Waals surface area contributed by atoms with Crippen molar-refractivity contribution in [1.29, 1.82) is 0 Å². The van der Waals surface area contributed by atoms with Gasteiger partial charge in [0.25, 0.3) is 0 Å². The third-order valence-electron chi connectivity index (χ3n) is 8.75. The van der Waals surface area contributed by atoms with E-state index in [4.69, 9.17) is 4.74 Å². The lowest BCUT2D eigenvalue weighted by Crippen LogP contribution is -2.51. The minimum absolute atomic E-state index is 0.00352. The fourth-order valence-electron chi connectivity index (χ4n) is 6.24. The predicted molar refractivity (Wildman–Crippen MR) is 179 cm³/mol. The smallest absolute Gasteiger partial charge is 0.417 e. The third-order valence-corrected chi connectivity index (χ3v) is 8.75. The van der Waals surface area contributed by atoms with Gasteiger partial charge in [-0.05, 0) is 96.8 Å². The first-order chi connectivity index (χ1) is 23.8. The number of rotatable bonds is 11. The Morgan fingerprint density at radius 3 is 1.63 bits per heavy atom. The molecule has 0 bridgehead atoms. The van der Waals surface area contributed by atoms with Crippen molar-refractivity contribution >= 4 is 0 Å². The number of hydrogen-bond donors (Lipinski definition) is 3. The largest absolute Gasteiger partial charge is 0.508 e. The first-order valence-electron chi connectivity index (χ1n) is 16.1. The normalized spacial score (nSPS) is 14.8. The maximum atomic E-state index is 13.8. The van der Waals surface area contributed by atoms with Gasteiger partial charge in [-0.15, -0.1) is 0 Å². The Morgan fingerprint density at radius 2 is 1.13 bits per heavy atom. The van der Waals surface area contributed by atoms with Crippen LogP contribution in [-0.2, 0) is 23.7 Å². The number of phenols is 1. The van der Waals surface area contributed by atoms with Gasteiger partial charge in [0.2, 0.25) is 0 Å². The molecule has 52 heavy (non-hydrogen) atoms. The summed E-state index contributed by atoms with van der Waals surface area (Å²) in [4.78, 5) is 7.79. The van der Waals surface area contributed by atoms with E-state index in [1.165, 1.54) is 77.5 Å². The minimum atomic E-state index is -4.93. The summed E-state index contributed by atoms with van der Waals surface area (Å²) < 4.78 is 115. The van der Waals surface area contributed by atoms with Gasteiger partial charge in [0.05, 0.1) is 7.11 Å². The van der Waals surface area contributed by atoms with Gasteiger partial charge in [-0.2, -0.15) is 26.3 Å². The highest BCUT2D eigenvalue weighted by atomic mass is 19.4. The summed E-state index contributed by atoms with van der Waals surface area (Å²) in [7, 11) is 1.36. The lowest BCUT2D eigenvalue weighted by atomic mass is 9.73. The first-order valence-corrected chi connectivity index (χ1v) is 16.1. The second-order valence-electron chi connectivity index (χ2n) is 14.2. The van der Waals surface area contributed by atoms with Crippen LogP contribution in [0, 0.1) is 18.6 Å². The standard InChI is InChI=1S/C20H23F4NO2.C18H19F4NO2/c1-13-7-8-25-15(9-13)11-19(26,20(22,23)24)12-18(2,3)16-10-14(21)5-6-17(16)27-4;1-16(2,14-9-12(19)6-7-15(14)24)11-17(25,18(20,21)22)10-13-5-3-4-8-23-13/h5-10,26H,11-12H2,1-4H3;3-9,24-25H,10-11H2,1-2H3. The van der Waals surface area contributed by atoms with Gasteiger partial charge in [0.1, 0.15) is 23.1 Å². The van der Waals surface area contributed by atoms with Crippen LogP contribution < -0.4 is 4.74 Å². The average molecular weight is 743 g/mol. The lowest BCUT2D eigenvalue weighted by Gasteiger charge is -2.38. The van der Waals surface area contributed by atoms with Crippen LogP contribution in [0.5, 0.6) is 11.5 Å². The molecule has 3 N–H and O–H groups in total. The molecule has 0 aliphatic rings. The summed E-state index contributed by atoms with van der Waals surface area (Å²) >= 11 is 0. The van der Waals surface area contributed by atoms with E-state index in [1.807, 2.05) is 0 Å². The number of alkyl halides is 6. The molecule has 0 amide bonds. The maximum absolute atomic E-state index is 13.8. The molecule has 6 nitrogen and oxygen atoms in total. The van der Waals surface area contributed by atoms with Gasteiger partial charge in [0.15, 0.2) is 11.2 Å². The zero-order valence-corrected chi connectivity index (χ0v) is 29.5. The van der Waals surface area contributed by atoms with Crippen molar-refractivity contribution in [3.8, 4) is 11.5 Å². The molecule has 0 aliphatic carbocycles. The van der Waals surface area contributed by atoms with E-state index in [0.717, 1.165) is 29.8 Å². The zero-order chi connectivity index (χ0) is 39.3. The fourth-order valence-corrected chi connectivity index (χ4v) is 6.24. The highest BCUT2D eigenvalue weighted by Crippen LogP contribution is 2.46. The topological polar surface area (TPSA) is 95.7 Å². The Labute approximate surface area is 297 Å². The van der Waals surface area contributed by atoms with Crippen LogP contribution in [0.15, 0.2) is 79.1 Å². The fraction of sp³-hybridized carbons (Fsp3) is 0.421. The molecule has 0 fully saturated rings. The maximum Gasteiger partial charge on any atom is 0.417 e. The summed E-state index contributed by atoms with van der Waals surface area (Å²) in [5.41, 5.74) is -7.46. The van der Waals surface area contributed by atoms with E-state index >= 15 is 0 Å². The molecular weight excluding hydrogens is 700 g/mol. The van der Waals surface area contributed by atoms with Crippen molar-refractivity contribution in [2.45, 2.75) is 94.7 Å². The van der Waals surface area contributed by atoms with Gasteiger partial charge in [-0.1, -0.05) is 33.8 Å². The summed E-state index contributed by atoms with van der Waals surface area (Å²) in [6.07, 6.45) is -9.95. The third kappa shape index (κ3) is 10.4. The molecule has 0 saturated heterocycles. The van der Waals surface area contributed by atoms with Crippen molar-refractivity contribution in [2.75, 3.05) is 7.11 Å². The number of pyridine rings is 2. The van der Waals surface area contributed by atoms with Gasteiger partial charge in [-0.3, -0.25) is 9.97 Å². The number of benzene rings is 2. The van der Waals surface area contributed by atoms with Gasteiger partial charge >= 0.3 is 12.4 Å². The van der Waals surface area contributed by atoms with Crippen molar-refractivity contribution in [1.82, 2.24) is 9.97 Å². The van der Waals surface area contributed by atoms with E-state index in [-0.39, 0.29) is 34.0 Å². The van der Waals surface area contributed by atoms with E-state index < -0.39 is 71.7 Å². The van der Waals surface area contributed by atoms with E-state index in [2.05, 4.69) is 9.97 Å². The molecule has 2 heterocycles. The van der Waals surface area contributed by atoms with Gasteiger partial charge in [-0.25, -0.2) is 8.78 Å². The van der Waals surface area contributed by atoms with Crippen molar-refractivity contribution < 1.29 is 55.2 Å². The van der Waals surface area contributed by atoms with Crippen molar-refractivity contribution in [2.24, 2.45) is 0 Å². The number of aromatic hydroxyl groups is 1. The molecule has 4 rings (SSSR count). The second-order valence-corrected chi connectivity index (χ2v) is 14.2. The van der Waals surface area contributed by atoms with Crippen LogP contribution >= 0.6 is 0 Å². The molecule has 0 aliphatic heterocycles. The van der Waals surface area contributed by atoms with E-state index in [9.17, 15) is 50.4 Å². The van der Waals surface area contributed by atoms with Crippen molar-refractivity contribution in [3.05, 3.63) is 119 Å². The minimum Gasteiger partial charge on any atom is -0.508 e.